The number of carbonyl (C=O) groups excluding carboxylic acids is 1. The Morgan fingerprint density at radius 1 is 1.33 bits per heavy atom. The van der Waals surface area contributed by atoms with Crippen LogP contribution in [0.1, 0.15) is 27.2 Å². The highest BCUT2D eigenvalue weighted by atomic mass is 16.4. The number of aliphatic carboxylic acids is 1. The van der Waals surface area contributed by atoms with E-state index in [9.17, 15) is 9.59 Å². The Balaban J connectivity index is 4.18. The summed E-state index contributed by atoms with van der Waals surface area (Å²) < 4.78 is 0. The van der Waals surface area contributed by atoms with Crippen molar-refractivity contribution < 1.29 is 14.7 Å². The normalized spacial score (nSPS) is 13.1. The maximum Gasteiger partial charge on any atom is 0.314 e. The van der Waals surface area contributed by atoms with Gasteiger partial charge in [-0.05, 0) is 11.8 Å². The Morgan fingerprint density at radius 3 is 2.20 bits per heavy atom. The zero-order chi connectivity index (χ0) is 12.1. The van der Waals surface area contributed by atoms with Gasteiger partial charge in [0.2, 0.25) is 0 Å². The van der Waals surface area contributed by atoms with Gasteiger partial charge < -0.3 is 15.7 Å². The highest BCUT2D eigenvalue weighted by Crippen LogP contribution is 2.24. The van der Waals surface area contributed by atoms with E-state index in [1.54, 1.807) is 0 Å². The molecule has 0 aliphatic heterocycles. The maximum absolute atomic E-state index is 10.9. The van der Waals surface area contributed by atoms with Gasteiger partial charge >= 0.3 is 12.0 Å². The lowest BCUT2D eigenvalue weighted by Crippen LogP contribution is -2.39. The van der Waals surface area contributed by atoms with Crippen molar-refractivity contribution in [1.82, 2.24) is 10.6 Å². The lowest BCUT2D eigenvalue weighted by molar-refractivity contribution is -0.142. The van der Waals surface area contributed by atoms with Crippen LogP contribution in [0.3, 0.4) is 0 Å². The molecule has 5 nitrogen and oxygen atoms in total. The van der Waals surface area contributed by atoms with E-state index in [0.717, 1.165) is 0 Å². The number of hydrogen-bond donors (Lipinski definition) is 3. The lowest BCUT2D eigenvalue weighted by atomic mass is 9.84. The molecule has 0 heterocycles. The molecule has 3 N–H and O–H groups in total. The SMILES string of the molecule is CNC(=O)NCC(CC(C)(C)C)C(=O)O. The Labute approximate surface area is 90.2 Å². The molecule has 0 aromatic carbocycles. The molecule has 15 heavy (non-hydrogen) atoms. The lowest BCUT2D eigenvalue weighted by Gasteiger charge is -2.23. The van der Waals surface area contributed by atoms with Crippen LogP contribution in [0.15, 0.2) is 0 Å². The molecule has 0 aromatic rings. The van der Waals surface area contributed by atoms with E-state index >= 15 is 0 Å². The Morgan fingerprint density at radius 2 is 1.87 bits per heavy atom. The smallest absolute Gasteiger partial charge is 0.314 e. The molecule has 88 valence electrons. The van der Waals surface area contributed by atoms with Gasteiger partial charge in [-0.1, -0.05) is 20.8 Å². The molecule has 2 amide bonds. The topological polar surface area (TPSA) is 78.4 Å². The van der Waals surface area contributed by atoms with E-state index < -0.39 is 11.9 Å². The molecule has 0 fully saturated rings. The van der Waals surface area contributed by atoms with Gasteiger partial charge in [-0.3, -0.25) is 4.79 Å². The number of rotatable bonds is 4. The molecule has 0 bridgehead atoms. The molecule has 0 aliphatic carbocycles. The number of nitrogens with one attached hydrogen (secondary N) is 2. The molecule has 0 aliphatic rings. The van der Waals surface area contributed by atoms with Crippen molar-refractivity contribution in [2.24, 2.45) is 11.3 Å². The molecule has 0 rings (SSSR count). The fraction of sp³-hybridized carbons (Fsp3) is 0.800. The van der Waals surface area contributed by atoms with Crippen LogP contribution in [0.5, 0.6) is 0 Å². The maximum atomic E-state index is 10.9. The molecular formula is C10H20N2O3. The summed E-state index contributed by atoms with van der Waals surface area (Å²) in [5.74, 6) is -1.41. The second kappa shape index (κ2) is 5.58. The van der Waals surface area contributed by atoms with Crippen LogP contribution in [0, 0.1) is 11.3 Å². The van der Waals surface area contributed by atoms with Crippen molar-refractivity contribution >= 4 is 12.0 Å². The fourth-order valence-electron chi connectivity index (χ4n) is 1.29. The summed E-state index contributed by atoms with van der Waals surface area (Å²) in [6.07, 6.45) is 0.534. The van der Waals surface area contributed by atoms with Crippen molar-refractivity contribution in [2.45, 2.75) is 27.2 Å². The Bertz CT molecular complexity index is 233. The highest BCUT2D eigenvalue weighted by molar-refractivity contribution is 5.75. The first kappa shape index (κ1) is 13.7. The predicted molar refractivity (Wildman–Crippen MR) is 57.7 cm³/mol. The van der Waals surface area contributed by atoms with Gasteiger partial charge in [-0.25, -0.2) is 4.79 Å². The highest BCUT2D eigenvalue weighted by Gasteiger charge is 2.24. The predicted octanol–water partition coefficient (Wildman–Crippen LogP) is 1.05. The van der Waals surface area contributed by atoms with Gasteiger partial charge in [0.05, 0.1) is 5.92 Å². The summed E-state index contributed by atoms with van der Waals surface area (Å²) in [5, 5.41) is 13.8. The van der Waals surface area contributed by atoms with Crippen LogP contribution in [0.4, 0.5) is 4.79 Å². The number of carboxylic acid groups (broad SMARTS) is 1. The van der Waals surface area contributed by atoms with Crippen LogP contribution in [0.25, 0.3) is 0 Å². The van der Waals surface area contributed by atoms with Crippen molar-refractivity contribution in [3.63, 3.8) is 0 Å². The standard InChI is InChI=1S/C10H20N2O3/c1-10(2,3)5-7(8(13)14)6-12-9(15)11-4/h7H,5-6H2,1-4H3,(H,13,14)(H2,11,12,15). The average Bonchev–Trinajstić information content (AvgIpc) is 2.09. The first-order chi connectivity index (χ1) is 6.76. The summed E-state index contributed by atoms with van der Waals surface area (Å²) in [6.45, 7) is 6.08. The monoisotopic (exact) mass is 216 g/mol. The van der Waals surface area contributed by atoms with E-state index in [0.29, 0.717) is 6.42 Å². The molecule has 0 aromatic heterocycles. The first-order valence-corrected chi connectivity index (χ1v) is 4.94. The van der Waals surface area contributed by atoms with Crippen LogP contribution in [0.2, 0.25) is 0 Å². The Kier molecular flexibility index (Phi) is 5.11. The van der Waals surface area contributed by atoms with Gasteiger partial charge in [0.1, 0.15) is 0 Å². The van der Waals surface area contributed by atoms with Crippen LogP contribution in [-0.2, 0) is 4.79 Å². The molecule has 5 heteroatoms. The summed E-state index contributed by atoms with van der Waals surface area (Å²) in [4.78, 5) is 21.8. The van der Waals surface area contributed by atoms with Gasteiger partial charge in [0.25, 0.3) is 0 Å². The third-order valence-electron chi connectivity index (χ3n) is 1.94. The van der Waals surface area contributed by atoms with Gasteiger partial charge in [0, 0.05) is 13.6 Å². The molecule has 0 saturated heterocycles. The van der Waals surface area contributed by atoms with Crippen molar-refractivity contribution in [3.8, 4) is 0 Å². The molecule has 1 atom stereocenters. The van der Waals surface area contributed by atoms with Crippen molar-refractivity contribution in [3.05, 3.63) is 0 Å². The summed E-state index contributed by atoms with van der Waals surface area (Å²) in [7, 11) is 1.49. The Hall–Kier alpha value is -1.26. The zero-order valence-electron chi connectivity index (χ0n) is 9.76. The van der Waals surface area contributed by atoms with Crippen LogP contribution in [-0.4, -0.2) is 30.7 Å². The average molecular weight is 216 g/mol. The van der Waals surface area contributed by atoms with Crippen LogP contribution < -0.4 is 10.6 Å². The largest absolute Gasteiger partial charge is 0.481 e. The molecule has 0 spiro atoms. The van der Waals surface area contributed by atoms with Crippen molar-refractivity contribution in [2.75, 3.05) is 13.6 Å². The van der Waals surface area contributed by atoms with Gasteiger partial charge in [-0.2, -0.15) is 0 Å². The number of hydrogen-bond acceptors (Lipinski definition) is 2. The summed E-state index contributed by atoms with van der Waals surface area (Å²) >= 11 is 0. The third-order valence-corrected chi connectivity index (χ3v) is 1.94. The minimum absolute atomic E-state index is 0.0621. The van der Waals surface area contributed by atoms with E-state index in [4.69, 9.17) is 5.11 Å². The van der Waals surface area contributed by atoms with E-state index in [2.05, 4.69) is 10.6 Å². The first-order valence-electron chi connectivity index (χ1n) is 4.94. The van der Waals surface area contributed by atoms with Gasteiger partial charge in [-0.15, -0.1) is 0 Å². The number of urea groups is 1. The minimum Gasteiger partial charge on any atom is -0.481 e. The molecule has 0 saturated carbocycles. The van der Waals surface area contributed by atoms with E-state index in [1.165, 1.54) is 7.05 Å². The minimum atomic E-state index is -0.874. The summed E-state index contributed by atoms with van der Waals surface area (Å²) in [6, 6.07) is -0.352. The second-order valence-electron chi connectivity index (χ2n) is 4.76. The number of carbonyl (C=O) groups is 2. The fourth-order valence-corrected chi connectivity index (χ4v) is 1.29. The van der Waals surface area contributed by atoms with E-state index in [1.807, 2.05) is 20.8 Å². The second-order valence-corrected chi connectivity index (χ2v) is 4.76. The van der Waals surface area contributed by atoms with Gasteiger partial charge in [0.15, 0.2) is 0 Å². The van der Waals surface area contributed by atoms with Crippen molar-refractivity contribution in [1.29, 1.82) is 0 Å². The number of carboxylic acids is 1. The summed E-state index contributed by atoms with van der Waals surface area (Å²) in [5.41, 5.74) is -0.0621. The van der Waals surface area contributed by atoms with Crippen LogP contribution >= 0.6 is 0 Å². The third kappa shape index (κ3) is 6.76. The quantitative estimate of drug-likeness (QED) is 0.657. The molecular weight excluding hydrogens is 196 g/mol. The van der Waals surface area contributed by atoms with E-state index in [-0.39, 0.29) is 18.0 Å². The number of amides is 2. The molecule has 0 radical (unpaired) electrons. The zero-order valence-corrected chi connectivity index (χ0v) is 9.76. The molecule has 1 unspecified atom stereocenters.